The number of nitriles is 1. The number of anilines is 1. The fourth-order valence-electron chi connectivity index (χ4n) is 5.26. The zero-order valence-corrected chi connectivity index (χ0v) is 20.8. The van der Waals surface area contributed by atoms with Gasteiger partial charge in [-0.1, -0.05) is 12.1 Å². The Morgan fingerprint density at radius 2 is 1.81 bits per heavy atom. The number of benzene rings is 1. The molecule has 1 fully saturated rings. The van der Waals surface area contributed by atoms with Crippen LogP contribution in [-0.4, -0.2) is 62.0 Å². The Balaban J connectivity index is 1.55. The number of aromatic nitrogens is 5. The molecule has 1 aliphatic heterocycles. The van der Waals surface area contributed by atoms with Gasteiger partial charge in [-0.3, -0.25) is 4.40 Å². The first-order valence-electron chi connectivity index (χ1n) is 12.2. The average Bonchev–Trinajstić information content (AvgIpc) is 3.54. The maximum absolute atomic E-state index is 9.32. The van der Waals surface area contributed by atoms with Crippen molar-refractivity contribution in [1.29, 1.82) is 5.26 Å². The van der Waals surface area contributed by atoms with E-state index in [1.165, 1.54) is 0 Å². The summed E-state index contributed by atoms with van der Waals surface area (Å²) >= 11 is 0. The lowest BCUT2D eigenvalue weighted by Crippen LogP contribution is -2.42. The van der Waals surface area contributed by atoms with Gasteiger partial charge in [-0.25, -0.2) is 15.0 Å². The van der Waals surface area contributed by atoms with Crippen LogP contribution >= 0.6 is 0 Å². The molecule has 6 rings (SSSR count). The summed E-state index contributed by atoms with van der Waals surface area (Å²) in [6.45, 7) is 1.89. The number of imidazole rings is 1. The van der Waals surface area contributed by atoms with Gasteiger partial charge in [-0.15, -0.1) is 0 Å². The van der Waals surface area contributed by atoms with Crippen molar-refractivity contribution in [2.75, 3.05) is 32.1 Å². The Kier molecular flexibility index (Phi) is 5.42. The molecule has 0 N–H and O–H groups in total. The van der Waals surface area contributed by atoms with Gasteiger partial charge in [0.05, 0.1) is 35.5 Å². The van der Waals surface area contributed by atoms with Gasteiger partial charge in [-0.2, -0.15) is 5.26 Å². The highest BCUT2D eigenvalue weighted by atomic mass is 15.2. The van der Waals surface area contributed by atoms with Crippen LogP contribution in [0, 0.1) is 11.3 Å². The summed E-state index contributed by atoms with van der Waals surface area (Å²) in [6.07, 6.45) is 9.89. The molecule has 1 saturated heterocycles. The molecule has 0 atom stereocenters. The number of fused-ring (bicyclic) bond motifs is 2. The molecule has 0 radical (unpaired) electrons. The second-order valence-corrected chi connectivity index (χ2v) is 9.72. The zero-order valence-electron chi connectivity index (χ0n) is 20.8. The normalized spacial score (nSPS) is 14.7. The molecular weight excluding hydrogens is 448 g/mol. The van der Waals surface area contributed by atoms with E-state index >= 15 is 0 Å². The van der Waals surface area contributed by atoms with E-state index < -0.39 is 0 Å². The van der Waals surface area contributed by atoms with Crippen molar-refractivity contribution in [3.63, 3.8) is 0 Å². The minimum Gasteiger partial charge on any atom is -0.355 e. The molecule has 8 nitrogen and oxygen atoms in total. The molecule has 0 bridgehead atoms. The molecule has 5 heterocycles. The molecule has 1 aromatic carbocycles. The first-order valence-corrected chi connectivity index (χ1v) is 12.2. The zero-order chi connectivity index (χ0) is 24.8. The predicted molar refractivity (Wildman–Crippen MR) is 142 cm³/mol. The molecule has 0 amide bonds. The minimum absolute atomic E-state index is 0.586. The third-order valence-electron chi connectivity index (χ3n) is 7.31. The predicted octanol–water partition coefficient (Wildman–Crippen LogP) is 4.35. The van der Waals surface area contributed by atoms with E-state index in [0.29, 0.717) is 11.6 Å². The molecule has 1 aliphatic rings. The average molecular weight is 477 g/mol. The van der Waals surface area contributed by atoms with Crippen LogP contribution < -0.4 is 4.90 Å². The van der Waals surface area contributed by atoms with Gasteiger partial charge in [0, 0.05) is 55.1 Å². The highest BCUT2D eigenvalue weighted by Gasteiger charge is 2.26. The van der Waals surface area contributed by atoms with Gasteiger partial charge in [0.25, 0.3) is 0 Å². The van der Waals surface area contributed by atoms with Crippen molar-refractivity contribution >= 4 is 22.4 Å². The van der Waals surface area contributed by atoms with Crippen LogP contribution in [0.25, 0.3) is 39.1 Å². The molecule has 0 saturated carbocycles. The number of pyridine rings is 1. The molecular formula is C28H28N8. The minimum atomic E-state index is 0.586. The maximum atomic E-state index is 9.32. The van der Waals surface area contributed by atoms with Crippen LogP contribution in [0.15, 0.2) is 61.3 Å². The molecule has 0 aliphatic carbocycles. The van der Waals surface area contributed by atoms with Gasteiger partial charge in [0.2, 0.25) is 0 Å². The molecule has 0 unspecified atom stereocenters. The van der Waals surface area contributed by atoms with Crippen LogP contribution in [-0.2, 0) is 7.05 Å². The highest BCUT2D eigenvalue weighted by molar-refractivity contribution is 5.88. The third-order valence-corrected chi connectivity index (χ3v) is 7.31. The van der Waals surface area contributed by atoms with Crippen LogP contribution in [0.1, 0.15) is 18.4 Å². The van der Waals surface area contributed by atoms with E-state index in [0.717, 1.165) is 70.8 Å². The summed E-state index contributed by atoms with van der Waals surface area (Å²) < 4.78 is 4.16. The summed E-state index contributed by atoms with van der Waals surface area (Å²) in [4.78, 5) is 19.3. The first kappa shape index (κ1) is 22.3. The number of hydrogen-bond acceptors (Lipinski definition) is 6. The van der Waals surface area contributed by atoms with Crippen molar-refractivity contribution in [2.45, 2.75) is 18.9 Å². The molecule has 4 aromatic heterocycles. The maximum Gasteiger partial charge on any atom is 0.155 e. The molecule has 8 heteroatoms. The lowest BCUT2D eigenvalue weighted by atomic mass is 10.0. The smallest absolute Gasteiger partial charge is 0.155 e. The van der Waals surface area contributed by atoms with E-state index in [9.17, 15) is 5.26 Å². The van der Waals surface area contributed by atoms with Crippen LogP contribution in [0.5, 0.6) is 0 Å². The summed E-state index contributed by atoms with van der Waals surface area (Å²) in [6, 6.07) is 14.7. The lowest BCUT2D eigenvalue weighted by Gasteiger charge is -2.36. The molecule has 5 aromatic rings. The lowest BCUT2D eigenvalue weighted by molar-refractivity contribution is 0.249. The Labute approximate surface area is 210 Å². The second-order valence-electron chi connectivity index (χ2n) is 9.72. The van der Waals surface area contributed by atoms with E-state index in [-0.39, 0.29) is 0 Å². The van der Waals surface area contributed by atoms with Crippen molar-refractivity contribution in [3.8, 4) is 28.6 Å². The van der Waals surface area contributed by atoms with E-state index in [1.54, 1.807) is 0 Å². The van der Waals surface area contributed by atoms with Gasteiger partial charge in [0.15, 0.2) is 5.82 Å². The highest BCUT2D eigenvalue weighted by Crippen LogP contribution is 2.37. The summed E-state index contributed by atoms with van der Waals surface area (Å²) in [5.74, 6) is 0.946. The standard InChI is InChI=1S/C28H28N8/c1-33(2)23-9-12-35(13-10-23)28-24-17-30-18-36(24)26(22-14-21-8-11-34(3)27(21)31-16-22)25(32-28)20-6-4-19(15-29)5-7-20/h4-8,11,14,16-18,23H,9-10,12-13H2,1-3H3. The first-order chi connectivity index (χ1) is 17.5. The van der Waals surface area contributed by atoms with Crippen LogP contribution in [0.4, 0.5) is 5.82 Å². The fraction of sp³-hybridized carbons (Fsp3) is 0.286. The van der Waals surface area contributed by atoms with E-state index in [1.807, 2.05) is 60.8 Å². The summed E-state index contributed by atoms with van der Waals surface area (Å²) in [5, 5.41) is 10.4. The van der Waals surface area contributed by atoms with Crippen molar-refractivity contribution in [2.24, 2.45) is 7.05 Å². The fourth-order valence-corrected chi connectivity index (χ4v) is 5.26. The quantitative estimate of drug-likeness (QED) is 0.384. The van der Waals surface area contributed by atoms with Crippen LogP contribution in [0.2, 0.25) is 0 Å². The monoisotopic (exact) mass is 476 g/mol. The van der Waals surface area contributed by atoms with Crippen LogP contribution in [0.3, 0.4) is 0 Å². The van der Waals surface area contributed by atoms with Crippen molar-refractivity contribution in [3.05, 3.63) is 66.9 Å². The van der Waals surface area contributed by atoms with Crippen molar-refractivity contribution < 1.29 is 0 Å². The summed E-state index contributed by atoms with van der Waals surface area (Å²) in [7, 11) is 6.31. The number of nitrogens with zero attached hydrogens (tertiary/aromatic N) is 8. The number of piperidine rings is 1. The topological polar surface area (TPSA) is 78.3 Å². The molecule has 36 heavy (non-hydrogen) atoms. The van der Waals surface area contributed by atoms with Gasteiger partial charge >= 0.3 is 0 Å². The van der Waals surface area contributed by atoms with Gasteiger partial charge in [0.1, 0.15) is 11.2 Å². The molecule has 180 valence electrons. The Morgan fingerprint density at radius 1 is 1.03 bits per heavy atom. The Bertz CT molecular complexity index is 1590. The van der Waals surface area contributed by atoms with E-state index in [2.05, 4.69) is 51.5 Å². The SMILES string of the molecule is CN(C)C1CCN(c2nc(-c3ccc(C#N)cc3)c(-c3cnc4c(ccn4C)c3)n3cncc23)CC1. The third kappa shape index (κ3) is 3.69. The van der Waals surface area contributed by atoms with E-state index in [4.69, 9.17) is 9.97 Å². The summed E-state index contributed by atoms with van der Waals surface area (Å²) in [5.41, 5.74) is 6.28. The largest absolute Gasteiger partial charge is 0.355 e. The number of hydrogen-bond donors (Lipinski definition) is 0. The van der Waals surface area contributed by atoms with Gasteiger partial charge < -0.3 is 14.4 Å². The number of aryl methyl sites for hydroxylation is 1. The molecule has 0 spiro atoms. The Morgan fingerprint density at radius 3 is 2.53 bits per heavy atom. The number of rotatable bonds is 4. The van der Waals surface area contributed by atoms with Gasteiger partial charge in [-0.05, 0) is 51.2 Å². The van der Waals surface area contributed by atoms with Crippen molar-refractivity contribution in [1.82, 2.24) is 28.8 Å². The second kappa shape index (κ2) is 8.77. The Hall–Kier alpha value is -4.22.